The van der Waals surface area contributed by atoms with Crippen molar-refractivity contribution in [3.8, 4) is 17.8 Å². The van der Waals surface area contributed by atoms with Crippen LogP contribution in [0.1, 0.15) is 48.9 Å². The Bertz CT molecular complexity index is 1080. The van der Waals surface area contributed by atoms with Crippen LogP contribution >= 0.6 is 0 Å². The fraction of sp³-hybridized carbons (Fsp3) is 0.542. The number of carbonyl (C=O) groups excluding carboxylic acids is 1. The molecule has 4 heterocycles. The highest BCUT2D eigenvalue weighted by atomic mass is 16.5. The summed E-state index contributed by atoms with van der Waals surface area (Å²) in [7, 11) is 1.51. The van der Waals surface area contributed by atoms with Crippen molar-refractivity contribution in [1.29, 1.82) is 5.26 Å². The summed E-state index contributed by atoms with van der Waals surface area (Å²) in [5.74, 6) is 1.39. The van der Waals surface area contributed by atoms with E-state index in [9.17, 15) is 10.1 Å². The fourth-order valence-electron chi connectivity index (χ4n) is 5.11. The Balaban J connectivity index is 1.29. The van der Waals surface area contributed by atoms with Gasteiger partial charge in [0.15, 0.2) is 0 Å². The van der Waals surface area contributed by atoms with Crippen LogP contribution in [-0.4, -0.2) is 58.6 Å². The molecule has 9 nitrogen and oxygen atoms in total. The second-order valence-corrected chi connectivity index (χ2v) is 8.93. The highest BCUT2D eigenvalue weighted by Gasteiger charge is 2.34. The van der Waals surface area contributed by atoms with Crippen molar-refractivity contribution in [3.05, 3.63) is 35.4 Å². The molecule has 1 saturated heterocycles. The predicted octanol–water partition coefficient (Wildman–Crippen LogP) is 2.48. The number of carbonyl (C=O) groups is 1. The topological polar surface area (TPSA) is 104 Å². The first kappa shape index (κ1) is 21.4. The van der Waals surface area contributed by atoms with Crippen LogP contribution in [0.5, 0.6) is 11.8 Å². The predicted molar refractivity (Wildman–Crippen MR) is 120 cm³/mol. The van der Waals surface area contributed by atoms with E-state index in [-0.39, 0.29) is 17.9 Å². The molecular formula is C24H28N6O3. The molecule has 2 aliphatic heterocycles. The second kappa shape index (κ2) is 9.22. The molecule has 2 aromatic heterocycles. The number of nitrogens with zero attached hydrogens (tertiary/aromatic N) is 6. The van der Waals surface area contributed by atoms with Crippen molar-refractivity contribution in [3.63, 3.8) is 0 Å². The monoisotopic (exact) mass is 448 g/mol. The molecule has 5 rings (SSSR count). The summed E-state index contributed by atoms with van der Waals surface area (Å²) in [5, 5.41) is 9.41. The van der Waals surface area contributed by atoms with E-state index in [1.807, 2.05) is 4.90 Å². The van der Waals surface area contributed by atoms with E-state index < -0.39 is 0 Å². The van der Waals surface area contributed by atoms with Crippen LogP contribution in [0, 0.1) is 17.2 Å². The molecule has 1 aliphatic carbocycles. The third kappa shape index (κ3) is 4.30. The average Bonchev–Trinajstić information content (AvgIpc) is 3.56. The Morgan fingerprint density at radius 3 is 2.79 bits per heavy atom. The van der Waals surface area contributed by atoms with Crippen LogP contribution in [0.2, 0.25) is 0 Å². The maximum absolute atomic E-state index is 12.8. The molecular weight excluding hydrogens is 420 g/mol. The first-order chi connectivity index (χ1) is 16.2. The van der Waals surface area contributed by atoms with Gasteiger partial charge in [-0.1, -0.05) is 12.8 Å². The normalized spacial score (nSPS) is 20.4. The summed E-state index contributed by atoms with van der Waals surface area (Å²) >= 11 is 0. The maximum atomic E-state index is 12.8. The van der Waals surface area contributed by atoms with Crippen molar-refractivity contribution >= 4 is 11.6 Å². The Morgan fingerprint density at radius 1 is 1.15 bits per heavy atom. The van der Waals surface area contributed by atoms with E-state index in [0.717, 1.165) is 68.6 Å². The minimum Gasteiger partial charge on any atom is -0.480 e. The molecule has 9 heteroatoms. The van der Waals surface area contributed by atoms with Gasteiger partial charge in [-0.3, -0.25) is 4.79 Å². The van der Waals surface area contributed by atoms with Gasteiger partial charge in [0.05, 0.1) is 43.3 Å². The fourth-order valence-corrected chi connectivity index (χ4v) is 5.11. The third-order valence-corrected chi connectivity index (χ3v) is 6.92. The SMILES string of the molecule is COc1ncc(N2CCc3ncnc(OC4CCN(C(=O)C5CCCC5)C4)c3C2)cc1C#N. The van der Waals surface area contributed by atoms with E-state index in [1.165, 1.54) is 7.11 Å². The number of anilines is 1. The van der Waals surface area contributed by atoms with Gasteiger partial charge < -0.3 is 19.3 Å². The summed E-state index contributed by atoms with van der Waals surface area (Å²) in [5.41, 5.74) is 3.19. The van der Waals surface area contributed by atoms with Gasteiger partial charge in [0, 0.05) is 31.8 Å². The minimum absolute atomic E-state index is 0.0578. The highest BCUT2D eigenvalue weighted by Crippen LogP contribution is 2.32. The first-order valence-corrected chi connectivity index (χ1v) is 11.6. The zero-order valence-corrected chi connectivity index (χ0v) is 18.9. The number of hydrogen-bond donors (Lipinski definition) is 0. The maximum Gasteiger partial charge on any atom is 0.231 e. The lowest BCUT2D eigenvalue weighted by molar-refractivity contribution is -0.134. The van der Waals surface area contributed by atoms with E-state index in [4.69, 9.17) is 9.47 Å². The lowest BCUT2D eigenvalue weighted by atomic mass is 10.1. The number of ether oxygens (including phenoxy) is 2. The van der Waals surface area contributed by atoms with Crippen molar-refractivity contribution in [2.75, 3.05) is 31.6 Å². The number of nitriles is 1. The number of fused-ring (bicyclic) bond motifs is 1. The number of hydrogen-bond acceptors (Lipinski definition) is 8. The van der Waals surface area contributed by atoms with Crippen LogP contribution in [0.25, 0.3) is 0 Å². The van der Waals surface area contributed by atoms with Crippen LogP contribution in [-0.2, 0) is 17.8 Å². The summed E-state index contributed by atoms with van der Waals surface area (Å²) < 4.78 is 11.5. The minimum atomic E-state index is -0.0578. The molecule has 0 radical (unpaired) electrons. The Labute approximate surface area is 193 Å². The third-order valence-electron chi connectivity index (χ3n) is 6.92. The Kier molecular flexibility index (Phi) is 5.99. The molecule has 2 aromatic rings. The summed E-state index contributed by atoms with van der Waals surface area (Å²) in [6.45, 7) is 2.69. The molecule has 172 valence electrons. The molecule has 2 fully saturated rings. The summed E-state index contributed by atoms with van der Waals surface area (Å²) in [4.78, 5) is 30.1. The van der Waals surface area contributed by atoms with Gasteiger partial charge in [-0.15, -0.1) is 0 Å². The molecule has 33 heavy (non-hydrogen) atoms. The van der Waals surface area contributed by atoms with Gasteiger partial charge in [-0.2, -0.15) is 5.26 Å². The highest BCUT2D eigenvalue weighted by molar-refractivity contribution is 5.79. The van der Waals surface area contributed by atoms with Gasteiger partial charge in [-0.05, 0) is 18.9 Å². The molecule has 0 aromatic carbocycles. The van der Waals surface area contributed by atoms with Crippen molar-refractivity contribution in [2.24, 2.45) is 5.92 Å². The lowest BCUT2D eigenvalue weighted by Gasteiger charge is -2.31. The van der Waals surface area contributed by atoms with Gasteiger partial charge in [0.25, 0.3) is 0 Å². The smallest absolute Gasteiger partial charge is 0.231 e. The number of aromatic nitrogens is 3. The molecule has 0 spiro atoms. The van der Waals surface area contributed by atoms with Gasteiger partial charge in [-0.25, -0.2) is 15.0 Å². The summed E-state index contributed by atoms with van der Waals surface area (Å²) in [6, 6.07) is 3.94. The molecule has 1 saturated carbocycles. The van der Waals surface area contributed by atoms with Gasteiger partial charge >= 0.3 is 0 Å². The lowest BCUT2D eigenvalue weighted by Crippen LogP contribution is -2.35. The van der Waals surface area contributed by atoms with E-state index in [0.29, 0.717) is 30.4 Å². The van der Waals surface area contributed by atoms with Gasteiger partial charge in [0.1, 0.15) is 24.1 Å². The van der Waals surface area contributed by atoms with Crippen molar-refractivity contribution < 1.29 is 14.3 Å². The van der Waals surface area contributed by atoms with Crippen LogP contribution in [0.3, 0.4) is 0 Å². The number of amides is 1. The van der Waals surface area contributed by atoms with E-state index in [2.05, 4.69) is 25.9 Å². The summed E-state index contributed by atoms with van der Waals surface area (Å²) in [6.07, 6.45) is 9.14. The molecule has 0 bridgehead atoms. The quantitative estimate of drug-likeness (QED) is 0.687. The second-order valence-electron chi connectivity index (χ2n) is 8.93. The van der Waals surface area contributed by atoms with Crippen LogP contribution in [0.15, 0.2) is 18.6 Å². The van der Waals surface area contributed by atoms with E-state index in [1.54, 1.807) is 18.6 Å². The molecule has 3 aliphatic rings. The largest absolute Gasteiger partial charge is 0.480 e. The Hall–Kier alpha value is -3.41. The molecule has 1 unspecified atom stereocenters. The number of methoxy groups -OCH3 is 1. The van der Waals surface area contributed by atoms with Crippen LogP contribution < -0.4 is 14.4 Å². The number of likely N-dealkylation sites (tertiary alicyclic amines) is 1. The molecule has 1 amide bonds. The standard InChI is InChI=1S/C24H28N6O3/c1-32-22-17(11-25)10-18(12-26-22)29-9-7-21-20(14-29)23(28-15-27-21)33-19-6-8-30(13-19)24(31)16-4-2-3-5-16/h10,12,15-16,19H,2-9,13-14H2,1H3. The average molecular weight is 449 g/mol. The van der Waals surface area contributed by atoms with Crippen LogP contribution in [0.4, 0.5) is 5.69 Å². The number of rotatable bonds is 5. The van der Waals surface area contributed by atoms with Gasteiger partial charge in [0.2, 0.25) is 17.7 Å². The first-order valence-electron chi connectivity index (χ1n) is 11.6. The molecule has 0 N–H and O–H groups in total. The zero-order chi connectivity index (χ0) is 22.8. The van der Waals surface area contributed by atoms with Crippen molar-refractivity contribution in [1.82, 2.24) is 19.9 Å². The number of pyridine rings is 1. The zero-order valence-electron chi connectivity index (χ0n) is 18.9. The van der Waals surface area contributed by atoms with E-state index >= 15 is 0 Å². The molecule has 1 atom stereocenters. The van der Waals surface area contributed by atoms with Crippen molar-refractivity contribution in [2.45, 2.75) is 51.2 Å². The Morgan fingerprint density at radius 2 is 2.00 bits per heavy atom.